The first kappa shape index (κ1) is 6.42. The fraction of sp³-hybridized carbons (Fsp3) is 0. The lowest BCUT2D eigenvalue weighted by Crippen LogP contribution is -1.84. The van der Waals surface area contributed by atoms with Gasteiger partial charge in [-0.1, -0.05) is 11.6 Å². The van der Waals surface area contributed by atoms with E-state index in [-0.39, 0.29) is 5.15 Å². The Bertz CT molecular complexity index is 176. The topological polar surface area (TPSA) is 12.9 Å². The van der Waals surface area contributed by atoms with E-state index >= 15 is 0 Å². The summed E-state index contributed by atoms with van der Waals surface area (Å²) in [6.07, 6.45) is 0. The van der Waals surface area contributed by atoms with Crippen molar-refractivity contribution in [1.82, 2.24) is 4.98 Å². The van der Waals surface area contributed by atoms with E-state index in [1.54, 1.807) is 0 Å². The number of hydrogen-bond donors (Lipinski definition) is 0. The molecule has 0 saturated carbocycles. The van der Waals surface area contributed by atoms with Gasteiger partial charge in [0.2, 0.25) is 5.95 Å². The lowest BCUT2D eigenvalue weighted by Gasteiger charge is -1.88. The zero-order valence-electron chi connectivity index (χ0n) is 4.24. The van der Waals surface area contributed by atoms with E-state index in [2.05, 4.69) is 4.98 Å². The number of hydrogen-bond acceptors (Lipinski definition) is 1. The molecule has 0 atom stereocenters. The van der Waals surface area contributed by atoms with Crippen molar-refractivity contribution in [3.8, 4) is 0 Å². The van der Waals surface area contributed by atoms with Gasteiger partial charge < -0.3 is 0 Å². The molecule has 1 heterocycles. The van der Waals surface area contributed by atoms with Crippen molar-refractivity contribution in [2.75, 3.05) is 0 Å². The Morgan fingerprint density at radius 3 is 2.44 bits per heavy atom. The van der Waals surface area contributed by atoms with E-state index in [9.17, 15) is 8.78 Å². The van der Waals surface area contributed by atoms with Crippen LogP contribution in [-0.4, -0.2) is 4.98 Å². The third-order valence-corrected chi connectivity index (χ3v) is 0.921. The molecule has 0 aliphatic heterocycles. The van der Waals surface area contributed by atoms with Crippen molar-refractivity contribution in [1.29, 1.82) is 0 Å². The van der Waals surface area contributed by atoms with Crippen LogP contribution >= 0.6 is 11.6 Å². The summed E-state index contributed by atoms with van der Waals surface area (Å²) < 4.78 is 24.1. The molecule has 0 spiro atoms. The Balaban J connectivity index is 3.17. The minimum Gasteiger partial charge on any atom is -0.208 e. The predicted octanol–water partition coefficient (Wildman–Crippen LogP) is 2.01. The van der Waals surface area contributed by atoms with Crippen LogP contribution in [0.15, 0.2) is 12.1 Å². The highest BCUT2D eigenvalue weighted by Crippen LogP contribution is 2.07. The minimum absolute atomic E-state index is 0.174. The van der Waals surface area contributed by atoms with Gasteiger partial charge in [-0.05, 0) is 0 Å². The van der Waals surface area contributed by atoms with E-state index in [0.717, 1.165) is 6.07 Å². The van der Waals surface area contributed by atoms with Gasteiger partial charge in [-0.25, -0.2) is 9.37 Å². The van der Waals surface area contributed by atoms with Crippen molar-refractivity contribution in [3.63, 3.8) is 0 Å². The second-order valence-corrected chi connectivity index (χ2v) is 1.82. The molecule has 48 valence electrons. The number of aromatic nitrogens is 1. The first-order valence-corrected chi connectivity index (χ1v) is 2.55. The number of nitrogens with zero attached hydrogens (tertiary/aromatic N) is 1. The van der Waals surface area contributed by atoms with Crippen molar-refractivity contribution in [3.05, 3.63) is 29.1 Å². The SMILES string of the molecule is Fc1cc(F)nc(Cl)c1. The van der Waals surface area contributed by atoms with Crippen LogP contribution in [0.3, 0.4) is 0 Å². The summed E-state index contributed by atoms with van der Waals surface area (Å²) >= 11 is 5.16. The highest BCUT2D eigenvalue weighted by molar-refractivity contribution is 6.29. The van der Waals surface area contributed by atoms with E-state index < -0.39 is 11.8 Å². The van der Waals surface area contributed by atoms with Gasteiger partial charge in [0.1, 0.15) is 11.0 Å². The number of rotatable bonds is 0. The Labute approximate surface area is 55.3 Å². The Morgan fingerprint density at radius 2 is 2.00 bits per heavy atom. The summed E-state index contributed by atoms with van der Waals surface area (Å²) in [5.41, 5.74) is 0. The molecule has 0 radical (unpaired) electrons. The van der Waals surface area contributed by atoms with Gasteiger partial charge in [0, 0.05) is 12.1 Å². The molecule has 0 aromatic carbocycles. The van der Waals surface area contributed by atoms with E-state index in [0.29, 0.717) is 6.07 Å². The first-order chi connectivity index (χ1) is 4.18. The van der Waals surface area contributed by atoms with Crippen molar-refractivity contribution >= 4 is 11.6 Å². The second-order valence-electron chi connectivity index (χ2n) is 1.43. The Kier molecular flexibility index (Phi) is 1.62. The maximum Gasteiger partial charge on any atom is 0.217 e. The highest BCUT2D eigenvalue weighted by Gasteiger charge is 1.97. The van der Waals surface area contributed by atoms with Crippen molar-refractivity contribution in [2.45, 2.75) is 0 Å². The Morgan fingerprint density at radius 1 is 1.33 bits per heavy atom. The van der Waals surface area contributed by atoms with E-state index in [1.807, 2.05) is 0 Å². The van der Waals surface area contributed by atoms with Gasteiger partial charge in [-0.2, -0.15) is 4.39 Å². The third-order valence-electron chi connectivity index (χ3n) is 0.728. The summed E-state index contributed by atoms with van der Waals surface area (Å²) in [7, 11) is 0. The summed E-state index contributed by atoms with van der Waals surface area (Å²) in [4.78, 5) is 3.09. The fourth-order valence-electron chi connectivity index (χ4n) is 0.436. The molecule has 0 saturated heterocycles. The van der Waals surface area contributed by atoms with Crippen molar-refractivity contribution < 1.29 is 8.78 Å². The van der Waals surface area contributed by atoms with Gasteiger partial charge >= 0.3 is 0 Å². The monoisotopic (exact) mass is 149 g/mol. The lowest BCUT2D eigenvalue weighted by molar-refractivity contribution is 0.552. The van der Waals surface area contributed by atoms with Crippen LogP contribution in [0.1, 0.15) is 0 Å². The van der Waals surface area contributed by atoms with Crippen LogP contribution in [0.4, 0.5) is 8.78 Å². The molecular formula is C5H2ClF2N. The van der Waals surface area contributed by atoms with Gasteiger partial charge in [0.05, 0.1) is 0 Å². The third kappa shape index (κ3) is 1.61. The van der Waals surface area contributed by atoms with Crippen molar-refractivity contribution in [2.24, 2.45) is 0 Å². The van der Waals surface area contributed by atoms with Gasteiger partial charge in [0.25, 0.3) is 0 Å². The molecule has 1 rings (SSSR count). The smallest absolute Gasteiger partial charge is 0.208 e. The molecule has 0 amide bonds. The lowest BCUT2D eigenvalue weighted by atomic mass is 10.5. The molecule has 0 fully saturated rings. The fourth-order valence-corrected chi connectivity index (χ4v) is 0.621. The van der Waals surface area contributed by atoms with Crippen LogP contribution in [0.5, 0.6) is 0 Å². The molecule has 1 aromatic rings. The molecule has 0 aliphatic carbocycles. The summed E-state index contributed by atoms with van der Waals surface area (Å²) in [5, 5.41) is -0.174. The molecule has 0 bridgehead atoms. The molecular weight excluding hydrogens is 148 g/mol. The average molecular weight is 150 g/mol. The van der Waals surface area contributed by atoms with E-state index in [4.69, 9.17) is 11.6 Å². The van der Waals surface area contributed by atoms with E-state index in [1.165, 1.54) is 0 Å². The summed E-state index contributed by atoms with van der Waals surface area (Å²) in [6, 6.07) is 1.59. The maximum absolute atomic E-state index is 12.1. The standard InChI is InChI=1S/C5H2ClF2N/c6-4-1-3(7)2-5(8)9-4/h1-2H. The first-order valence-electron chi connectivity index (χ1n) is 2.17. The normalized spacial score (nSPS) is 9.67. The molecule has 0 N–H and O–H groups in total. The zero-order chi connectivity index (χ0) is 6.85. The van der Waals surface area contributed by atoms with Crippen LogP contribution in [0, 0.1) is 11.8 Å². The second kappa shape index (κ2) is 2.27. The number of pyridine rings is 1. The predicted molar refractivity (Wildman–Crippen MR) is 29.2 cm³/mol. The van der Waals surface area contributed by atoms with Crippen LogP contribution in [0.2, 0.25) is 5.15 Å². The average Bonchev–Trinajstić information content (AvgIpc) is 1.59. The molecule has 1 aromatic heterocycles. The molecule has 0 unspecified atom stereocenters. The largest absolute Gasteiger partial charge is 0.217 e. The Hall–Kier alpha value is -0.700. The number of halogens is 3. The molecule has 4 heteroatoms. The van der Waals surface area contributed by atoms with Crippen LogP contribution < -0.4 is 0 Å². The summed E-state index contributed by atoms with van der Waals surface area (Å²) in [5.74, 6) is -1.62. The quantitative estimate of drug-likeness (QED) is 0.515. The molecule has 0 aliphatic rings. The zero-order valence-corrected chi connectivity index (χ0v) is 4.99. The van der Waals surface area contributed by atoms with Gasteiger partial charge in [-0.3, -0.25) is 0 Å². The van der Waals surface area contributed by atoms with Gasteiger partial charge in [-0.15, -0.1) is 0 Å². The minimum atomic E-state index is -0.903. The molecule has 9 heavy (non-hydrogen) atoms. The van der Waals surface area contributed by atoms with Crippen LogP contribution in [-0.2, 0) is 0 Å². The van der Waals surface area contributed by atoms with Gasteiger partial charge in [0.15, 0.2) is 0 Å². The van der Waals surface area contributed by atoms with Crippen LogP contribution in [0.25, 0.3) is 0 Å². The molecule has 1 nitrogen and oxygen atoms in total. The highest BCUT2D eigenvalue weighted by atomic mass is 35.5. The maximum atomic E-state index is 12.1. The summed E-state index contributed by atoms with van der Waals surface area (Å²) in [6.45, 7) is 0.